The normalized spacial score (nSPS) is 15.0. The first-order valence-electron chi connectivity index (χ1n) is 9.44. The second kappa shape index (κ2) is 9.39. The fourth-order valence-corrected chi connectivity index (χ4v) is 3.20. The van der Waals surface area contributed by atoms with E-state index in [0.717, 1.165) is 44.9 Å². The number of nitrogens with zero attached hydrogens (tertiary/aromatic N) is 2. The molecule has 2 aromatic carbocycles. The molecule has 1 heterocycles. The smallest absolute Gasteiger partial charge is 0.222 e. The molecule has 0 spiro atoms. The third-order valence-electron chi connectivity index (χ3n) is 4.80. The van der Waals surface area contributed by atoms with Crippen molar-refractivity contribution in [3.05, 3.63) is 65.7 Å². The Bertz CT molecular complexity index is 677. The number of piperazine rings is 1. The van der Waals surface area contributed by atoms with Gasteiger partial charge in [0.15, 0.2) is 0 Å². The Morgan fingerprint density at radius 1 is 0.962 bits per heavy atom. The van der Waals surface area contributed by atoms with Gasteiger partial charge in [-0.1, -0.05) is 48.0 Å². The minimum Gasteiger partial charge on any atom is -0.494 e. The molecule has 1 aliphatic rings. The Morgan fingerprint density at radius 2 is 1.65 bits per heavy atom. The number of rotatable bonds is 7. The second-order valence-corrected chi connectivity index (χ2v) is 6.91. The molecule has 0 atom stereocenters. The van der Waals surface area contributed by atoms with Crippen LogP contribution in [-0.2, 0) is 11.3 Å². The highest BCUT2D eigenvalue weighted by atomic mass is 16.5. The Kier molecular flexibility index (Phi) is 6.67. The number of amides is 1. The number of ether oxygens (including phenoxy) is 1. The Morgan fingerprint density at radius 3 is 2.35 bits per heavy atom. The van der Waals surface area contributed by atoms with Crippen LogP contribution in [0.25, 0.3) is 0 Å². The van der Waals surface area contributed by atoms with E-state index in [9.17, 15) is 4.79 Å². The summed E-state index contributed by atoms with van der Waals surface area (Å²) in [7, 11) is 0. The van der Waals surface area contributed by atoms with Crippen LogP contribution in [0.2, 0.25) is 0 Å². The van der Waals surface area contributed by atoms with Gasteiger partial charge in [0.25, 0.3) is 0 Å². The minimum atomic E-state index is 0.247. The van der Waals surface area contributed by atoms with Crippen LogP contribution in [0.1, 0.15) is 24.0 Å². The van der Waals surface area contributed by atoms with Crippen LogP contribution < -0.4 is 4.74 Å². The summed E-state index contributed by atoms with van der Waals surface area (Å²) in [6.45, 7) is 7.15. The molecule has 0 N–H and O–H groups in total. The van der Waals surface area contributed by atoms with Gasteiger partial charge >= 0.3 is 0 Å². The maximum Gasteiger partial charge on any atom is 0.222 e. The minimum absolute atomic E-state index is 0.247. The highest BCUT2D eigenvalue weighted by Crippen LogP contribution is 2.13. The molecule has 4 nitrogen and oxygen atoms in total. The molecule has 4 heteroatoms. The van der Waals surface area contributed by atoms with Gasteiger partial charge in [0.1, 0.15) is 5.75 Å². The van der Waals surface area contributed by atoms with Crippen molar-refractivity contribution in [2.24, 2.45) is 0 Å². The largest absolute Gasteiger partial charge is 0.494 e. The summed E-state index contributed by atoms with van der Waals surface area (Å²) in [5, 5.41) is 0. The Hall–Kier alpha value is -2.33. The molecule has 138 valence electrons. The first kappa shape index (κ1) is 18.5. The third-order valence-corrected chi connectivity index (χ3v) is 4.80. The number of hydrogen-bond acceptors (Lipinski definition) is 3. The number of carbonyl (C=O) groups is 1. The van der Waals surface area contributed by atoms with E-state index in [1.165, 1.54) is 11.1 Å². The molecule has 3 rings (SSSR count). The van der Waals surface area contributed by atoms with E-state index in [1.807, 2.05) is 35.2 Å². The van der Waals surface area contributed by atoms with Crippen LogP contribution >= 0.6 is 0 Å². The second-order valence-electron chi connectivity index (χ2n) is 6.91. The van der Waals surface area contributed by atoms with Gasteiger partial charge in [-0.05, 0) is 31.0 Å². The van der Waals surface area contributed by atoms with Gasteiger partial charge in [0.2, 0.25) is 5.91 Å². The molecule has 0 aliphatic carbocycles. The highest BCUT2D eigenvalue weighted by molar-refractivity contribution is 5.76. The van der Waals surface area contributed by atoms with E-state index < -0.39 is 0 Å². The fraction of sp³-hybridized carbons (Fsp3) is 0.409. The van der Waals surface area contributed by atoms with Gasteiger partial charge < -0.3 is 9.64 Å². The average Bonchev–Trinajstić information content (AvgIpc) is 2.68. The number of benzene rings is 2. The molecule has 2 aromatic rings. The van der Waals surface area contributed by atoms with Crippen molar-refractivity contribution >= 4 is 5.91 Å². The standard InChI is InChI=1S/C22H28N2O2/c1-19-9-11-21(12-10-19)26-17-5-8-22(25)24-15-13-23(14-16-24)18-20-6-3-2-4-7-20/h2-4,6-7,9-12H,5,8,13-18H2,1H3. The topological polar surface area (TPSA) is 32.8 Å². The number of aryl methyl sites for hydroxylation is 1. The van der Waals surface area contributed by atoms with Crippen molar-refractivity contribution in [3.63, 3.8) is 0 Å². The average molecular weight is 352 g/mol. The van der Waals surface area contributed by atoms with Crippen LogP contribution in [0.15, 0.2) is 54.6 Å². The summed E-state index contributed by atoms with van der Waals surface area (Å²) < 4.78 is 5.70. The fourth-order valence-electron chi connectivity index (χ4n) is 3.20. The summed E-state index contributed by atoms with van der Waals surface area (Å²) in [6.07, 6.45) is 1.32. The highest BCUT2D eigenvalue weighted by Gasteiger charge is 2.20. The van der Waals surface area contributed by atoms with Crippen molar-refractivity contribution in [2.45, 2.75) is 26.3 Å². The van der Waals surface area contributed by atoms with Crippen LogP contribution in [0.5, 0.6) is 5.75 Å². The lowest BCUT2D eigenvalue weighted by molar-refractivity contribution is -0.133. The third kappa shape index (κ3) is 5.60. The van der Waals surface area contributed by atoms with E-state index >= 15 is 0 Å². The molecule has 0 radical (unpaired) electrons. The van der Waals surface area contributed by atoms with Gasteiger partial charge in [-0.2, -0.15) is 0 Å². The van der Waals surface area contributed by atoms with Gasteiger partial charge in [-0.15, -0.1) is 0 Å². The zero-order valence-electron chi connectivity index (χ0n) is 15.6. The quantitative estimate of drug-likeness (QED) is 0.715. The van der Waals surface area contributed by atoms with Gasteiger partial charge in [-0.3, -0.25) is 9.69 Å². The zero-order valence-corrected chi connectivity index (χ0v) is 15.6. The van der Waals surface area contributed by atoms with Crippen LogP contribution in [0.4, 0.5) is 0 Å². The summed E-state index contributed by atoms with van der Waals surface area (Å²) in [5.41, 5.74) is 2.56. The number of carbonyl (C=O) groups excluding carboxylic acids is 1. The van der Waals surface area contributed by atoms with Crippen LogP contribution in [0.3, 0.4) is 0 Å². The van der Waals surface area contributed by atoms with Gasteiger partial charge in [0, 0.05) is 39.1 Å². The van der Waals surface area contributed by atoms with Crippen molar-refractivity contribution in [2.75, 3.05) is 32.8 Å². The maximum absolute atomic E-state index is 12.4. The molecule has 1 saturated heterocycles. The first-order chi connectivity index (χ1) is 12.7. The monoisotopic (exact) mass is 352 g/mol. The lowest BCUT2D eigenvalue weighted by Gasteiger charge is -2.34. The van der Waals surface area contributed by atoms with Crippen molar-refractivity contribution < 1.29 is 9.53 Å². The lowest BCUT2D eigenvalue weighted by atomic mass is 10.2. The molecule has 0 saturated carbocycles. The van der Waals surface area contributed by atoms with Crippen molar-refractivity contribution in [3.8, 4) is 5.75 Å². The maximum atomic E-state index is 12.4. The van der Waals surface area contributed by atoms with Gasteiger partial charge in [-0.25, -0.2) is 0 Å². The van der Waals surface area contributed by atoms with E-state index in [4.69, 9.17) is 4.74 Å². The van der Waals surface area contributed by atoms with E-state index in [1.54, 1.807) is 0 Å². The molecule has 0 bridgehead atoms. The summed E-state index contributed by atoms with van der Waals surface area (Å²) in [5.74, 6) is 1.12. The Balaban J connectivity index is 1.32. The first-order valence-corrected chi connectivity index (χ1v) is 9.44. The summed E-state index contributed by atoms with van der Waals surface area (Å²) in [6, 6.07) is 18.5. The number of hydrogen-bond donors (Lipinski definition) is 0. The van der Waals surface area contributed by atoms with E-state index in [0.29, 0.717) is 13.0 Å². The molecule has 0 unspecified atom stereocenters. The van der Waals surface area contributed by atoms with Crippen molar-refractivity contribution in [1.29, 1.82) is 0 Å². The molecule has 26 heavy (non-hydrogen) atoms. The predicted octanol–water partition coefficient (Wildman–Crippen LogP) is 3.50. The molecule has 1 aliphatic heterocycles. The van der Waals surface area contributed by atoms with E-state index in [2.05, 4.69) is 36.1 Å². The predicted molar refractivity (Wildman–Crippen MR) is 104 cm³/mol. The van der Waals surface area contributed by atoms with Crippen molar-refractivity contribution in [1.82, 2.24) is 9.80 Å². The Labute approximate surface area is 156 Å². The molecule has 0 aromatic heterocycles. The molecular weight excluding hydrogens is 324 g/mol. The molecular formula is C22H28N2O2. The van der Waals surface area contributed by atoms with Crippen LogP contribution in [0, 0.1) is 6.92 Å². The van der Waals surface area contributed by atoms with Gasteiger partial charge in [0.05, 0.1) is 6.61 Å². The molecule has 1 amide bonds. The summed E-state index contributed by atoms with van der Waals surface area (Å²) >= 11 is 0. The van der Waals surface area contributed by atoms with E-state index in [-0.39, 0.29) is 5.91 Å². The zero-order chi connectivity index (χ0) is 18.2. The van der Waals surface area contributed by atoms with Crippen LogP contribution in [-0.4, -0.2) is 48.5 Å². The SMILES string of the molecule is Cc1ccc(OCCCC(=O)N2CCN(Cc3ccccc3)CC2)cc1. The molecule has 1 fully saturated rings. The lowest BCUT2D eigenvalue weighted by Crippen LogP contribution is -2.48. The summed E-state index contributed by atoms with van der Waals surface area (Å²) in [4.78, 5) is 16.8.